The first-order valence-corrected chi connectivity index (χ1v) is 8.29. The Morgan fingerprint density at radius 2 is 1.88 bits per heavy atom. The van der Waals surface area contributed by atoms with Crippen LogP contribution in [0.3, 0.4) is 0 Å². The van der Waals surface area contributed by atoms with Crippen LogP contribution in [-0.2, 0) is 20.8 Å². The first-order chi connectivity index (χ1) is 3.83. The van der Waals surface area contributed by atoms with Gasteiger partial charge in [0.05, 0.1) is 0 Å². The normalized spacial score (nSPS) is 7.38. The molecule has 3 heteroatoms. The molecule has 46 valence electrons. The van der Waals surface area contributed by atoms with E-state index in [0.717, 1.165) is 0 Å². The van der Waals surface area contributed by atoms with Gasteiger partial charge >= 0.3 is 37.9 Å². The fourth-order valence-electron chi connectivity index (χ4n) is 0.111. The first-order valence-electron chi connectivity index (χ1n) is 1.96. The van der Waals surface area contributed by atoms with Crippen LogP contribution in [0.1, 0.15) is 6.92 Å². The van der Waals surface area contributed by atoms with Gasteiger partial charge in [-0.25, -0.2) is 12.2 Å². The maximum atomic E-state index is 4.93. The summed E-state index contributed by atoms with van der Waals surface area (Å²) in [6.07, 6.45) is 5.15. The van der Waals surface area contributed by atoms with Crippen molar-refractivity contribution in [2.75, 3.05) is 0 Å². The number of allylic oxidation sites excluding steroid dienone is 3. The zero-order chi connectivity index (χ0) is 6.83. The van der Waals surface area contributed by atoms with Crippen molar-refractivity contribution in [2.24, 2.45) is 0 Å². The second-order valence-electron chi connectivity index (χ2n) is 0.790. The molecule has 0 aliphatic rings. The minimum absolute atomic E-state index is 0.826. The van der Waals surface area contributed by atoms with Crippen molar-refractivity contribution < 1.29 is 20.8 Å². The van der Waals surface area contributed by atoms with Crippen LogP contribution >= 0.6 is 17.0 Å². The van der Waals surface area contributed by atoms with E-state index in [1.165, 1.54) is 6.08 Å². The zero-order valence-corrected chi connectivity index (χ0v) is 8.54. The SMILES string of the molecule is [CH-]=C/C=C/C.[Cl][Zr][Cl]. The van der Waals surface area contributed by atoms with E-state index in [4.69, 9.17) is 23.6 Å². The molecule has 0 aromatic heterocycles. The third-order valence-corrected chi connectivity index (χ3v) is 0.304. The van der Waals surface area contributed by atoms with Gasteiger partial charge < -0.3 is 0 Å². The molecule has 0 radical (unpaired) electrons. The molecule has 0 fully saturated rings. The van der Waals surface area contributed by atoms with Crippen molar-refractivity contribution in [3.05, 3.63) is 24.8 Å². The predicted molar refractivity (Wildman–Crippen MR) is 35.4 cm³/mol. The molecular formula is C5H7Cl2Zr-. The Kier molecular flexibility index (Phi) is 22.9. The molecule has 0 aliphatic heterocycles. The van der Waals surface area contributed by atoms with Crippen LogP contribution < -0.4 is 0 Å². The van der Waals surface area contributed by atoms with Crippen LogP contribution in [0.15, 0.2) is 18.2 Å². The molecule has 0 atom stereocenters. The second-order valence-corrected chi connectivity index (χ2v) is 4.52. The molecule has 0 unspecified atom stereocenters. The van der Waals surface area contributed by atoms with Gasteiger partial charge in [-0.1, -0.05) is 6.92 Å². The molecule has 0 saturated heterocycles. The van der Waals surface area contributed by atoms with Crippen molar-refractivity contribution in [3.63, 3.8) is 0 Å². The number of hydrogen-bond acceptors (Lipinski definition) is 0. The molecule has 0 spiro atoms. The van der Waals surface area contributed by atoms with Gasteiger partial charge in [0, 0.05) is 0 Å². The van der Waals surface area contributed by atoms with E-state index in [0.29, 0.717) is 0 Å². The summed E-state index contributed by atoms with van der Waals surface area (Å²) in [5.74, 6) is 0. The Labute approximate surface area is 69.2 Å². The van der Waals surface area contributed by atoms with E-state index in [1.807, 2.05) is 13.0 Å². The van der Waals surface area contributed by atoms with Crippen LogP contribution in [-0.4, -0.2) is 0 Å². The van der Waals surface area contributed by atoms with Crippen molar-refractivity contribution in [3.8, 4) is 0 Å². The van der Waals surface area contributed by atoms with Crippen LogP contribution in [0.2, 0.25) is 0 Å². The van der Waals surface area contributed by atoms with Crippen molar-refractivity contribution in [2.45, 2.75) is 6.92 Å². The Morgan fingerprint density at radius 1 is 1.50 bits per heavy atom. The van der Waals surface area contributed by atoms with Crippen LogP contribution in [0, 0.1) is 6.58 Å². The molecule has 0 saturated carbocycles. The Hall–Kier alpha value is 0.943. The van der Waals surface area contributed by atoms with Crippen molar-refractivity contribution in [1.82, 2.24) is 0 Å². The van der Waals surface area contributed by atoms with Crippen molar-refractivity contribution in [1.29, 1.82) is 0 Å². The Morgan fingerprint density at radius 3 is 1.88 bits per heavy atom. The second kappa shape index (κ2) is 15.7. The molecule has 0 aliphatic carbocycles. The molecule has 0 N–H and O–H groups in total. The van der Waals surface area contributed by atoms with Gasteiger partial charge in [0.25, 0.3) is 0 Å². The van der Waals surface area contributed by atoms with Gasteiger partial charge in [-0.05, 0) is 0 Å². The minimum atomic E-state index is -0.826. The fraction of sp³-hybridized carbons (Fsp3) is 0.200. The number of rotatable bonds is 1. The monoisotopic (exact) mass is 227 g/mol. The third-order valence-electron chi connectivity index (χ3n) is 0.304. The van der Waals surface area contributed by atoms with E-state index < -0.39 is 20.8 Å². The maximum absolute atomic E-state index is 4.93. The molecule has 0 aromatic carbocycles. The third kappa shape index (κ3) is 28.3. The summed E-state index contributed by atoms with van der Waals surface area (Å²) in [4.78, 5) is 0. The molecule has 8 heavy (non-hydrogen) atoms. The van der Waals surface area contributed by atoms with Crippen LogP contribution in [0.4, 0.5) is 0 Å². The Bertz CT molecular complexity index is 61.4. The van der Waals surface area contributed by atoms with Gasteiger partial charge in [0.1, 0.15) is 0 Å². The number of halogens is 2. The van der Waals surface area contributed by atoms with E-state index >= 15 is 0 Å². The molecule has 0 rings (SSSR count). The quantitative estimate of drug-likeness (QED) is 0.479. The van der Waals surface area contributed by atoms with Gasteiger partial charge in [-0.2, -0.15) is 6.08 Å². The summed E-state index contributed by atoms with van der Waals surface area (Å²) < 4.78 is 0. The first kappa shape index (κ1) is 11.7. The summed E-state index contributed by atoms with van der Waals surface area (Å²) in [6.45, 7) is 6.85. The summed E-state index contributed by atoms with van der Waals surface area (Å²) in [6, 6.07) is 0. The topological polar surface area (TPSA) is 0 Å². The molecule has 0 aromatic rings. The average Bonchev–Trinajstić information content (AvgIpc) is 1.71. The van der Waals surface area contributed by atoms with E-state index in [-0.39, 0.29) is 0 Å². The van der Waals surface area contributed by atoms with Gasteiger partial charge in [-0.3, -0.25) is 6.58 Å². The van der Waals surface area contributed by atoms with Crippen LogP contribution in [0.25, 0.3) is 0 Å². The fourth-order valence-corrected chi connectivity index (χ4v) is 0.111. The van der Waals surface area contributed by atoms with E-state index in [1.54, 1.807) is 6.08 Å². The van der Waals surface area contributed by atoms with E-state index in [9.17, 15) is 0 Å². The summed E-state index contributed by atoms with van der Waals surface area (Å²) in [5.41, 5.74) is 0. The number of hydrogen-bond donors (Lipinski definition) is 0. The molecule has 0 nitrogen and oxygen atoms in total. The van der Waals surface area contributed by atoms with Crippen LogP contribution in [0.5, 0.6) is 0 Å². The Balaban J connectivity index is 0. The standard InChI is InChI=1S/C5H7.2ClH.Zr/c1-3-5-4-2;;;/h1,3-5H,2H3;2*1H;/q-1;;;+2/p-2/b5-4+;;;. The van der Waals surface area contributed by atoms with Gasteiger partial charge in [-0.15, -0.1) is 0 Å². The van der Waals surface area contributed by atoms with Gasteiger partial charge in [0.2, 0.25) is 0 Å². The summed E-state index contributed by atoms with van der Waals surface area (Å²) in [5, 5.41) is 0. The molecule has 0 bridgehead atoms. The average molecular weight is 229 g/mol. The molecular weight excluding hydrogens is 222 g/mol. The zero-order valence-electron chi connectivity index (χ0n) is 4.57. The van der Waals surface area contributed by atoms with Crippen molar-refractivity contribution >= 4 is 17.0 Å². The van der Waals surface area contributed by atoms with Gasteiger partial charge in [0.15, 0.2) is 0 Å². The summed E-state index contributed by atoms with van der Waals surface area (Å²) >= 11 is -0.826. The molecule has 0 heterocycles. The summed E-state index contributed by atoms with van der Waals surface area (Å²) in [7, 11) is 9.87. The molecule has 0 amide bonds. The predicted octanol–water partition coefficient (Wildman–Crippen LogP) is 2.93. The van der Waals surface area contributed by atoms with E-state index in [2.05, 4.69) is 0 Å².